The van der Waals surface area contributed by atoms with Crippen LogP contribution in [0.2, 0.25) is 0 Å². The highest BCUT2D eigenvalue weighted by atomic mass is 19.1. The second-order valence-electron chi connectivity index (χ2n) is 32.1. The molecule has 77 heavy (non-hydrogen) atoms. The summed E-state index contributed by atoms with van der Waals surface area (Å²) >= 11 is 0. The Morgan fingerprint density at radius 1 is 0.429 bits per heavy atom. The number of hydrogen-bond acceptors (Lipinski definition) is 0. The molecule has 4 aromatic carbocycles. The maximum Gasteiger partial charge on any atom is 0.126 e. The van der Waals surface area contributed by atoms with Crippen LogP contribution in [0.5, 0.6) is 0 Å². The minimum absolute atomic E-state index is 0.0502. The topological polar surface area (TPSA) is 0 Å². The highest BCUT2D eigenvalue weighted by molar-refractivity contribution is 5.56. The summed E-state index contributed by atoms with van der Waals surface area (Å²) in [6, 6.07) is 11.7. The normalized spacial score (nSPS) is 19.7. The van der Waals surface area contributed by atoms with Crippen LogP contribution in [0, 0.1) is 43.3 Å². The van der Waals surface area contributed by atoms with Crippen LogP contribution in [0.3, 0.4) is 0 Å². The summed E-state index contributed by atoms with van der Waals surface area (Å²) in [6.07, 6.45) is 29.1. The van der Waals surface area contributed by atoms with Crippen molar-refractivity contribution in [3.05, 3.63) is 136 Å². The first-order valence-electron chi connectivity index (χ1n) is 32.2. The number of benzene rings is 4. The van der Waals surface area contributed by atoms with Gasteiger partial charge in [-0.3, -0.25) is 0 Å². The summed E-state index contributed by atoms with van der Waals surface area (Å²) in [5.74, 6) is 4.39. The summed E-state index contributed by atoms with van der Waals surface area (Å²) in [7, 11) is 0. The first-order chi connectivity index (χ1) is 35.9. The monoisotopic (exact) mass is 1040 g/mol. The van der Waals surface area contributed by atoms with E-state index in [1.165, 1.54) is 139 Å². The SMILES string of the molecule is CC(C)(C)c1c(C(C)(C)C2CC2)cc(F)c2c1CCC2.CC(C)(C)c1c(C(C)(C)C2CC2)ccc2c1CCC2.CC(c1ccc2c(c1C(C)(C)C)CCC2)C1CCC1.Cc1c(C)c(CC2CC2)c(C(C)(C)C)c2c1CCC2. The van der Waals surface area contributed by atoms with E-state index < -0.39 is 0 Å². The Balaban J connectivity index is 0.000000125. The van der Waals surface area contributed by atoms with Crippen LogP contribution in [0.1, 0.15) is 307 Å². The Morgan fingerprint density at radius 3 is 1.34 bits per heavy atom. The molecule has 0 saturated heterocycles. The van der Waals surface area contributed by atoms with Crippen LogP contribution in [-0.4, -0.2) is 0 Å². The molecule has 0 bridgehead atoms. The standard InChI is InChI=1S/C19H27F.3C19H28/c1-18(2,3)17-14-8-6-7-13(14)16(20)11-15(17)19(4,5)12-9-10-12;1-18(2,3)17-15-8-6-7-13(15)9-12-16(17)19(4,5)14-10-11-14;1-12-13(2)17(11-14-9-10-14)18(19(3,4)5)16-8-6-7-15(12)16;1-13(14-7-5-8-14)16-12-11-15-9-6-10-17(15)18(16)19(2,3)4/h11-12H,6-10H2,1-5H3;9,12,14H,6-8,10-11H2,1-5H3;14H,6-11H2,1-5H3;11-14H,5-10H2,1-4H3. The molecule has 8 aliphatic rings. The lowest BCUT2D eigenvalue weighted by Crippen LogP contribution is -2.28. The quantitative estimate of drug-likeness (QED) is 0.165. The van der Waals surface area contributed by atoms with E-state index in [4.69, 9.17) is 0 Å². The molecule has 0 aromatic heterocycles. The van der Waals surface area contributed by atoms with Gasteiger partial charge in [0, 0.05) is 0 Å². The molecule has 4 fully saturated rings. The van der Waals surface area contributed by atoms with Crippen molar-refractivity contribution in [3.8, 4) is 0 Å². The zero-order valence-corrected chi connectivity index (χ0v) is 53.2. The molecule has 422 valence electrons. The van der Waals surface area contributed by atoms with Crippen molar-refractivity contribution < 1.29 is 4.39 Å². The van der Waals surface area contributed by atoms with E-state index in [1.807, 2.05) is 6.07 Å². The Morgan fingerprint density at radius 2 is 0.857 bits per heavy atom. The van der Waals surface area contributed by atoms with Crippen LogP contribution in [-0.2, 0) is 90.3 Å². The maximum atomic E-state index is 14.5. The van der Waals surface area contributed by atoms with E-state index in [9.17, 15) is 4.39 Å². The van der Waals surface area contributed by atoms with Gasteiger partial charge in [-0.2, -0.15) is 0 Å². The highest BCUT2D eigenvalue weighted by Crippen LogP contribution is 2.53. The van der Waals surface area contributed by atoms with Crippen LogP contribution in [0.15, 0.2) is 30.3 Å². The smallest absolute Gasteiger partial charge is 0.126 e. The van der Waals surface area contributed by atoms with E-state index in [0.29, 0.717) is 16.2 Å². The largest absolute Gasteiger partial charge is 0.207 e. The van der Waals surface area contributed by atoms with Gasteiger partial charge in [0.05, 0.1) is 0 Å². The molecule has 0 nitrogen and oxygen atoms in total. The van der Waals surface area contributed by atoms with E-state index in [-0.39, 0.29) is 22.1 Å². The van der Waals surface area contributed by atoms with Crippen molar-refractivity contribution in [2.75, 3.05) is 0 Å². The molecule has 0 heterocycles. The molecule has 1 unspecified atom stereocenters. The summed E-state index contributed by atoms with van der Waals surface area (Å²) < 4.78 is 14.5. The highest BCUT2D eigenvalue weighted by Gasteiger charge is 2.45. The molecule has 0 radical (unpaired) electrons. The molecule has 1 heteroatoms. The Bertz CT molecular complexity index is 2790. The van der Waals surface area contributed by atoms with Crippen molar-refractivity contribution in [3.63, 3.8) is 0 Å². The molecular weight excluding hydrogens is 932 g/mol. The second-order valence-corrected chi connectivity index (χ2v) is 32.1. The number of fused-ring (bicyclic) bond motifs is 4. The Labute approximate surface area is 473 Å². The van der Waals surface area contributed by atoms with Crippen molar-refractivity contribution in [2.45, 2.75) is 311 Å². The van der Waals surface area contributed by atoms with E-state index >= 15 is 0 Å². The summed E-state index contributed by atoms with van der Waals surface area (Å²) in [4.78, 5) is 0. The zero-order chi connectivity index (χ0) is 55.9. The van der Waals surface area contributed by atoms with Gasteiger partial charge in [-0.15, -0.1) is 0 Å². The average Bonchev–Trinajstić information content (AvgIpc) is 4.29. The van der Waals surface area contributed by atoms with Crippen LogP contribution < -0.4 is 0 Å². The molecule has 0 N–H and O–H groups in total. The molecule has 8 aliphatic carbocycles. The van der Waals surface area contributed by atoms with Crippen LogP contribution >= 0.6 is 0 Å². The molecule has 4 saturated carbocycles. The third-order valence-electron chi connectivity index (χ3n) is 21.4. The summed E-state index contributed by atoms with van der Waals surface area (Å²) in [5, 5.41) is 0. The summed E-state index contributed by atoms with van der Waals surface area (Å²) in [5.41, 5.74) is 29.9. The molecule has 12 rings (SSSR count). The first kappa shape index (κ1) is 58.5. The van der Waals surface area contributed by atoms with Gasteiger partial charge in [-0.05, 0) is 317 Å². The lowest BCUT2D eigenvalue weighted by atomic mass is 9.69. The fraction of sp³-hybridized carbons (Fsp3) is 0.684. The molecular formula is C76H111F. The number of hydrogen-bond donors (Lipinski definition) is 0. The molecule has 0 amide bonds. The average molecular weight is 1040 g/mol. The van der Waals surface area contributed by atoms with Gasteiger partial charge >= 0.3 is 0 Å². The van der Waals surface area contributed by atoms with E-state index in [0.717, 1.165) is 54.4 Å². The minimum Gasteiger partial charge on any atom is -0.207 e. The first-order valence-corrected chi connectivity index (χ1v) is 32.2. The third kappa shape index (κ3) is 12.1. The third-order valence-corrected chi connectivity index (χ3v) is 21.4. The van der Waals surface area contributed by atoms with Crippen molar-refractivity contribution in [1.82, 2.24) is 0 Å². The van der Waals surface area contributed by atoms with Crippen LogP contribution in [0.25, 0.3) is 0 Å². The minimum atomic E-state index is 0.0502. The van der Waals surface area contributed by atoms with Gasteiger partial charge < -0.3 is 0 Å². The van der Waals surface area contributed by atoms with Gasteiger partial charge in [0.25, 0.3) is 0 Å². The number of halogens is 1. The van der Waals surface area contributed by atoms with Gasteiger partial charge in [0.2, 0.25) is 0 Å². The Kier molecular flexibility index (Phi) is 16.4. The number of aryl methyl sites for hydroxylation is 2. The van der Waals surface area contributed by atoms with Gasteiger partial charge in [0.1, 0.15) is 5.82 Å². The van der Waals surface area contributed by atoms with E-state index in [2.05, 4.69) is 156 Å². The number of rotatable bonds is 8. The molecule has 0 aliphatic heterocycles. The molecule has 4 aromatic rings. The van der Waals surface area contributed by atoms with Crippen molar-refractivity contribution >= 4 is 0 Å². The fourth-order valence-electron chi connectivity index (χ4n) is 16.4. The lowest BCUT2D eigenvalue weighted by Gasteiger charge is -2.36. The predicted molar refractivity (Wildman–Crippen MR) is 332 cm³/mol. The predicted octanol–water partition coefficient (Wildman–Crippen LogP) is 20.9. The van der Waals surface area contributed by atoms with Gasteiger partial charge in [-0.1, -0.05) is 148 Å². The summed E-state index contributed by atoms with van der Waals surface area (Å²) in [6.45, 7) is 45.2. The maximum absolute atomic E-state index is 14.5. The second kappa shape index (κ2) is 21.6. The van der Waals surface area contributed by atoms with Gasteiger partial charge in [0.15, 0.2) is 0 Å². The Hall–Kier alpha value is -3.19. The van der Waals surface area contributed by atoms with E-state index in [1.54, 1.807) is 77.9 Å². The lowest BCUT2D eigenvalue weighted by molar-refractivity contribution is 0.270. The van der Waals surface area contributed by atoms with Gasteiger partial charge in [-0.25, -0.2) is 4.39 Å². The molecule has 1 atom stereocenters. The van der Waals surface area contributed by atoms with Crippen LogP contribution in [0.4, 0.5) is 4.39 Å². The van der Waals surface area contributed by atoms with Crippen molar-refractivity contribution in [1.29, 1.82) is 0 Å². The molecule has 0 spiro atoms. The zero-order valence-electron chi connectivity index (χ0n) is 53.2. The van der Waals surface area contributed by atoms with Crippen molar-refractivity contribution in [2.24, 2.45) is 23.7 Å². The fourth-order valence-corrected chi connectivity index (χ4v) is 16.4.